The van der Waals surface area contributed by atoms with E-state index >= 15 is 0 Å². The summed E-state index contributed by atoms with van der Waals surface area (Å²) >= 11 is 0. The lowest BCUT2D eigenvalue weighted by atomic mass is 9.67. The number of furan rings is 1. The first kappa shape index (κ1) is 39.9. The van der Waals surface area contributed by atoms with Crippen LogP contribution in [0.1, 0.15) is 22.3 Å². The summed E-state index contributed by atoms with van der Waals surface area (Å²) in [4.78, 5) is 2.41. The third kappa shape index (κ3) is 6.08. The van der Waals surface area contributed by atoms with Crippen LogP contribution in [0.4, 0.5) is 17.1 Å². The standard InChI is InChI=1S/C67H44N2O/c1-4-16-45(17-5-1)46-28-34-51(35-29-46)68(54-40-41-56-55-22-10-13-25-60(55)67(61(56)44-54,49-18-6-2-7-19-49)50-20-8-3-9-21-50)52-36-30-47(31-37-52)48-32-38-53(39-33-48)69-62-26-14-11-23-57(62)58-42-43-64-65(66(58)69)59-24-12-15-27-63(59)70-64/h1-44H. The van der Waals surface area contributed by atoms with E-state index in [0.717, 1.165) is 61.3 Å². The summed E-state index contributed by atoms with van der Waals surface area (Å²) < 4.78 is 8.80. The number of fused-ring (bicyclic) bond motifs is 10. The number of benzene rings is 11. The van der Waals surface area contributed by atoms with Crippen molar-refractivity contribution in [2.45, 2.75) is 5.41 Å². The van der Waals surface area contributed by atoms with E-state index in [0.29, 0.717) is 0 Å². The van der Waals surface area contributed by atoms with E-state index in [1.807, 2.05) is 6.07 Å². The Morgan fingerprint density at radius 1 is 0.343 bits per heavy atom. The Bertz CT molecular complexity index is 4040. The van der Waals surface area contributed by atoms with Crippen molar-refractivity contribution in [3.8, 4) is 39.1 Å². The summed E-state index contributed by atoms with van der Waals surface area (Å²) in [6, 6.07) is 97.2. The summed E-state index contributed by atoms with van der Waals surface area (Å²) in [5, 5.41) is 4.71. The van der Waals surface area contributed by atoms with Gasteiger partial charge in [-0.25, -0.2) is 0 Å². The molecule has 1 aliphatic carbocycles. The predicted molar refractivity (Wildman–Crippen MR) is 291 cm³/mol. The Balaban J connectivity index is 0.892. The number of aromatic nitrogens is 1. The van der Waals surface area contributed by atoms with E-state index in [-0.39, 0.29) is 0 Å². The molecule has 70 heavy (non-hydrogen) atoms. The van der Waals surface area contributed by atoms with Gasteiger partial charge in [0.05, 0.1) is 21.8 Å². The van der Waals surface area contributed by atoms with Crippen molar-refractivity contribution in [1.29, 1.82) is 0 Å². The molecule has 0 saturated carbocycles. The lowest BCUT2D eigenvalue weighted by Crippen LogP contribution is -2.28. The van der Waals surface area contributed by atoms with Crippen molar-refractivity contribution in [2.75, 3.05) is 4.90 Å². The zero-order valence-electron chi connectivity index (χ0n) is 38.2. The zero-order chi connectivity index (χ0) is 46.2. The average Bonchev–Trinajstić information content (AvgIpc) is 4.09. The molecule has 14 rings (SSSR count). The lowest BCUT2D eigenvalue weighted by Gasteiger charge is -2.35. The SMILES string of the molecule is c1ccc(-c2ccc(N(c3ccc(-c4ccc(-n5c6ccccc6c6ccc7oc8ccccc8c7c65)cc4)cc3)c3ccc4c(c3)C(c3ccccc3)(c3ccccc3)c3ccccc3-4)cc2)cc1. The molecule has 0 atom stereocenters. The molecule has 0 aliphatic heterocycles. The molecule has 0 bridgehead atoms. The third-order valence-corrected chi connectivity index (χ3v) is 14.7. The maximum Gasteiger partial charge on any atom is 0.137 e. The minimum Gasteiger partial charge on any atom is -0.456 e. The topological polar surface area (TPSA) is 21.3 Å². The van der Waals surface area contributed by atoms with Crippen LogP contribution in [0.2, 0.25) is 0 Å². The largest absolute Gasteiger partial charge is 0.456 e. The van der Waals surface area contributed by atoms with Crippen LogP contribution in [-0.2, 0) is 5.41 Å². The molecular weight excluding hydrogens is 849 g/mol. The van der Waals surface area contributed by atoms with E-state index in [1.165, 1.54) is 60.8 Å². The van der Waals surface area contributed by atoms with Crippen molar-refractivity contribution >= 4 is 60.8 Å². The monoisotopic (exact) mass is 892 g/mol. The van der Waals surface area contributed by atoms with Crippen molar-refractivity contribution in [2.24, 2.45) is 0 Å². The molecule has 0 radical (unpaired) electrons. The van der Waals surface area contributed by atoms with Crippen molar-refractivity contribution in [1.82, 2.24) is 4.57 Å². The maximum atomic E-state index is 6.39. The van der Waals surface area contributed by atoms with E-state index in [4.69, 9.17) is 4.42 Å². The van der Waals surface area contributed by atoms with Gasteiger partial charge in [-0.15, -0.1) is 0 Å². The quantitative estimate of drug-likeness (QED) is 0.152. The summed E-state index contributed by atoms with van der Waals surface area (Å²) in [7, 11) is 0. The molecule has 2 heterocycles. The summed E-state index contributed by atoms with van der Waals surface area (Å²) in [5.74, 6) is 0. The minimum atomic E-state index is -0.513. The second-order valence-electron chi connectivity index (χ2n) is 18.4. The first-order chi connectivity index (χ1) is 34.7. The number of nitrogens with zero attached hydrogens (tertiary/aromatic N) is 2. The van der Waals surface area contributed by atoms with E-state index < -0.39 is 5.41 Å². The van der Waals surface area contributed by atoms with Gasteiger partial charge in [0.2, 0.25) is 0 Å². The highest BCUT2D eigenvalue weighted by Crippen LogP contribution is 2.57. The Morgan fingerprint density at radius 2 is 0.857 bits per heavy atom. The first-order valence-corrected chi connectivity index (χ1v) is 24.1. The fourth-order valence-electron chi connectivity index (χ4n) is 11.6. The number of hydrogen-bond donors (Lipinski definition) is 0. The number of anilines is 3. The Labute approximate surface area is 406 Å². The highest BCUT2D eigenvalue weighted by Gasteiger charge is 2.46. The number of para-hydroxylation sites is 2. The molecule has 0 spiro atoms. The van der Waals surface area contributed by atoms with Crippen LogP contribution in [0.15, 0.2) is 271 Å². The summed E-state index contributed by atoms with van der Waals surface area (Å²) in [6.07, 6.45) is 0. The third-order valence-electron chi connectivity index (χ3n) is 14.7. The predicted octanol–water partition coefficient (Wildman–Crippen LogP) is 17.8. The molecule has 1 aliphatic rings. The summed E-state index contributed by atoms with van der Waals surface area (Å²) in [5.41, 5.74) is 20.3. The van der Waals surface area contributed by atoms with Crippen molar-refractivity contribution < 1.29 is 4.42 Å². The van der Waals surface area contributed by atoms with Crippen LogP contribution in [0.3, 0.4) is 0 Å². The Hall–Kier alpha value is -9.18. The molecule has 3 heteroatoms. The van der Waals surface area contributed by atoms with Gasteiger partial charge in [-0.1, -0.05) is 194 Å². The first-order valence-electron chi connectivity index (χ1n) is 24.1. The number of rotatable bonds is 8. The van der Waals surface area contributed by atoms with Crippen LogP contribution < -0.4 is 4.90 Å². The van der Waals surface area contributed by atoms with Crippen LogP contribution in [0, 0.1) is 0 Å². The van der Waals surface area contributed by atoms with Crippen molar-refractivity contribution in [3.63, 3.8) is 0 Å². The van der Waals surface area contributed by atoms with Crippen molar-refractivity contribution in [3.05, 3.63) is 289 Å². The second kappa shape index (κ2) is 16.0. The highest BCUT2D eigenvalue weighted by molar-refractivity contribution is 6.24. The fourth-order valence-corrected chi connectivity index (χ4v) is 11.6. The normalized spacial score (nSPS) is 12.7. The van der Waals surface area contributed by atoms with Gasteiger partial charge in [0, 0.05) is 38.9 Å². The molecule has 11 aromatic carbocycles. The maximum absolute atomic E-state index is 6.39. The molecule has 0 amide bonds. The molecule has 0 fully saturated rings. The van der Waals surface area contributed by atoms with E-state index in [9.17, 15) is 0 Å². The minimum absolute atomic E-state index is 0.513. The fraction of sp³-hybridized carbons (Fsp3) is 0.0149. The Morgan fingerprint density at radius 3 is 1.53 bits per heavy atom. The zero-order valence-corrected chi connectivity index (χ0v) is 38.2. The van der Waals surface area contributed by atoms with E-state index in [2.05, 4.69) is 270 Å². The van der Waals surface area contributed by atoms with Gasteiger partial charge in [-0.05, 0) is 128 Å². The van der Waals surface area contributed by atoms with Crippen LogP contribution in [-0.4, -0.2) is 4.57 Å². The molecule has 0 unspecified atom stereocenters. The second-order valence-corrected chi connectivity index (χ2v) is 18.4. The molecule has 328 valence electrons. The van der Waals surface area contributed by atoms with Gasteiger partial charge in [-0.2, -0.15) is 0 Å². The summed E-state index contributed by atoms with van der Waals surface area (Å²) in [6.45, 7) is 0. The lowest BCUT2D eigenvalue weighted by molar-refractivity contribution is 0.669. The van der Waals surface area contributed by atoms with E-state index in [1.54, 1.807) is 0 Å². The van der Waals surface area contributed by atoms with Gasteiger partial charge in [0.1, 0.15) is 11.2 Å². The van der Waals surface area contributed by atoms with Gasteiger partial charge in [0.25, 0.3) is 0 Å². The van der Waals surface area contributed by atoms with Crippen LogP contribution in [0.25, 0.3) is 82.8 Å². The van der Waals surface area contributed by atoms with Gasteiger partial charge in [-0.3, -0.25) is 0 Å². The molecule has 0 N–H and O–H groups in total. The Kier molecular flexibility index (Phi) is 9.11. The molecular formula is C67H44N2O. The van der Waals surface area contributed by atoms with Gasteiger partial charge < -0.3 is 13.9 Å². The van der Waals surface area contributed by atoms with Gasteiger partial charge >= 0.3 is 0 Å². The molecule has 3 nitrogen and oxygen atoms in total. The number of hydrogen-bond acceptors (Lipinski definition) is 2. The van der Waals surface area contributed by atoms with Crippen LogP contribution >= 0.6 is 0 Å². The van der Waals surface area contributed by atoms with Crippen LogP contribution in [0.5, 0.6) is 0 Å². The smallest absolute Gasteiger partial charge is 0.137 e. The molecule has 2 aromatic heterocycles. The average molecular weight is 893 g/mol. The molecule has 0 saturated heterocycles. The highest BCUT2D eigenvalue weighted by atomic mass is 16.3. The molecule has 13 aromatic rings. The van der Waals surface area contributed by atoms with Gasteiger partial charge in [0.15, 0.2) is 0 Å².